The number of methoxy groups -OCH3 is 3. The highest BCUT2D eigenvalue weighted by Crippen LogP contribution is 2.38. The van der Waals surface area contributed by atoms with Crippen LogP contribution in [0.1, 0.15) is 31.3 Å². The molecule has 7 heteroatoms. The van der Waals surface area contributed by atoms with E-state index in [-0.39, 0.29) is 17.9 Å². The molecule has 0 aliphatic rings. The van der Waals surface area contributed by atoms with E-state index in [0.29, 0.717) is 17.2 Å². The molecule has 0 spiro atoms. The van der Waals surface area contributed by atoms with Gasteiger partial charge in [-0.1, -0.05) is 26.0 Å². The number of carbonyl (C=O) groups is 1. The van der Waals surface area contributed by atoms with Gasteiger partial charge in [0, 0.05) is 6.08 Å². The van der Waals surface area contributed by atoms with Crippen molar-refractivity contribution in [3.05, 3.63) is 53.9 Å². The van der Waals surface area contributed by atoms with Crippen LogP contribution in [0.15, 0.2) is 42.5 Å². The Morgan fingerprint density at radius 3 is 2.30 bits per heavy atom. The summed E-state index contributed by atoms with van der Waals surface area (Å²) in [5, 5.41) is 3.04. The first-order valence-electron chi connectivity index (χ1n) is 9.70. The van der Waals surface area contributed by atoms with Crippen LogP contribution in [-0.2, 0) is 4.79 Å². The Kier molecular flexibility index (Phi) is 6.61. The van der Waals surface area contributed by atoms with E-state index >= 15 is 0 Å². The molecule has 0 aliphatic heterocycles. The Morgan fingerprint density at radius 2 is 1.73 bits per heavy atom. The van der Waals surface area contributed by atoms with Crippen molar-refractivity contribution >= 4 is 23.0 Å². The summed E-state index contributed by atoms with van der Waals surface area (Å²) < 4.78 is 16.0. The number of rotatable bonds is 8. The molecule has 7 nitrogen and oxygen atoms in total. The van der Waals surface area contributed by atoms with Crippen LogP contribution in [0.4, 0.5) is 0 Å². The van der Waals surface area contributed by atoms with Gasteiger partial charge < -0.3 is 24.5 Å². The molecular weight excluding hydrogens is 382 g/mol. The number of benzene rings is 2. The van der Waals surface area contributed by atoms with E-state index in [1.165, 1.54) is 6.08 Å². The van der Waals surface area contributed by atoms with Gasteiger partial charge in [0.2, 0.25) is 11.7 Å². The quantitative estimate of drug-likeness (QED) is 0.547. The van der Waals surface area contributed by atoms with Crippen molar-refractivity contribution in [2.24, 2.45) is 5.92 Å². The summed E-state index contributed by atoms with van der Waals surface area (Å²) in [7, 11) is 4.66. The number of ether oxygens (including phenoxy) is 3. The van der Waals surface area contributed by atoms with Gasteiger partial charge in [0.25, 0.3) is 0 Å². The Balaban J connectivity index is 1.79. The molecule has 1 heterocycles. The van der Waals surface area contributed by atoms with Gasteiger partial charge >= 0.3 is 0 Å². The zero-order valence-electron chi connectivity index (χ0n) is 17.9. The van der Waals surface area contributed by atoms with Gasteiger partial charge in [-0.15, -0.1) is 0 Å². The normalized spacial score (nSPS) is 12.3. The highest BCUT2D eigenvalue weighted by atomic mass is 16.5. The number of nitrogens with zero attached hydrogens (tertiary/aromatic N) is 1. The first-order chi connectivity index (χ1) is 14.5. The molecule has 0 radical (unpaired) electrons. The number of aromatic nitrogens is 2. The number of aromatic amines is 1. The molecule has 1 amide bonds. The monoisotopic (exact) mass is 409 g/mol. The predicted molar refractivity (Wildman–Crippen MR) is 117 cm³/mol. The number of imidazole rings is 1. The molecule has 0 unspecified atom stereocenters. The van der Waals surface area contributed by atoms with Gasteiger partial charge in [-0.25, -0.2) is 4.98 Å². The van der Waals surface area contributed by atoms with Crippen LogP contribution in [0.3, 0.4) is 0 Å². The van der Waals surface area contributed by atoms with E-state index in [0.717, 1.165) is 22.4 Å². The molecule has 3 aromatic rings. The fraction of sp³-hybridized carbons (Fsp3) is 0.304. The summed E-state index contributed by atoms with van der Waals surface area (Å²) >= 11 is 0. The van der Waals surface area contributed by atoms with Gasteiger partial charge in [-0.2, -0.15) is 0 Å². The topological polar surface area (TPSA) is 85.5 Å². The lowest BCUT2D eigenvalue weighted by Gasteiger charge is -2.19. The molecule has 0 bridgehead atoms. The highest BCUT2D eigenvalue weighted by Gasteiger charge is 2.21. The summed E-state index contributed by atoms with van der Waals surface area (Å²) in [6, 6.07) is 11.1. The average molecular weight is 409 g/mol. The minimum absolute atomic E-state index is 0.157. The number of para-hydroxylation sites is 2. The van der Waals surface area contributed by atoms with Gasteiger partial charge in [0.1, 0.15) is 5.82 Å². The van der Waals surface area contributed by atoms with E-state index in [4.69, 9.17) is 14.2 Å². The van der Waals surface area contributed by atoms with Gasteiger partial charge in [-0.3, -0.25) is 4.79 Å². The van der Waals surface area contributed by atoms with Crippen LogP contribution < -0.4 is 19.5 Å². The number of hydrogen-bond donors (Lipinski definition) is 2. The number of carbonyl (C=O) groups excluding carboxylic acids is 1. The van der Waals surface area contributed by atoms with Crippen molar-refractivity contribution in [1.82, 2.24) is 15.3 Å². The largest absolute Gasteiger partial charge is 0.493 e. The van der Waals surface area contributed by atoms with Gasteiger partial charge in [-0.05, 0) is 41.8 Å². The smallest absolute Gasteiger partial charge is 0.244 e. The molecule has 1 atom stereocenters. The van der Waals surface area contributed by atoms with Crippen LogP contribution in [-0.4, -0.2) is 37.2 Å². The number of H-pyrrole nitrogens is 1. The number of amides is 1. The number of nitrogens with one attached hydrogen (secondary N) is 2. The van der Waals surface area contributed by atoms with Gasteiger partial charge in [0.15, 0.2) is 11.5 Å². The minimum Gasteiger partial charge on any atom is -0.493 e. The SMILES string of the molecule is COc1cc(/C=C/C(=O)N[C@H](c2nc3ccccc3[nH]2)C(C)C)cc(OC)c1OC. The lowest BCUT2D eigenvalue weighted by molar-refractivity contribution is -0.117. The molecular formula is C23H27N3O4. The van der Waals surface area contributed by atoms with E-state index < -0.39 is 0 Å². The number of fused-ring (bicyclic) bond motifs is 1. The Morgan fingerprint density at radius 1 is 1.07 bits per heavy atom. The zero-order valence-corrected chi connectivity index (χ0v) is 17.9. The molecule has 2 N–H and O–H groups in total. The molecule has 3 rings (SSSR count). The van der Waals surface area contributed by atoms with E-state index in [1.54, 1.807) is 39.5 Å². The Labute approximate surface area is 176 Å². The second-order valence-electron chi connectivity index (χ2n) is 7.16. The first kappa shape index (κ1) is 21.2. The summed E-state index contributed by atoms with van der Waals surface area (Å²) in [6.45, 7) is 4.09. The van der Waals surface area contributed by atoms with Crippen molar-refractivity contribution in [2.45, 2.75) is 19.9 Å². The second kappa shape index (κ2) is 9.35. The van der Waals surface area contributed by atoms with Crippen LogP contribution in [0.2, 0.25) is 0 Å². The molecule has 0 fully saturated rings. The summed E-state index contributed by atoms with van der Waals surface area (Å²) in [6.07, 6.45) is 3.19. The third kappa shape index (κ3) is 4.56. The van der Waals surface area contributed by atoms with Crippen LogP contribution in [0.25, 0.3) is 17.1 Å². The predicted octanol–water partition coefficient (Wildman–Crippen LogP) is 4.12. The van der Waals surface area contributed by atoms with Crippen molar-refractivity contribution < 1.29 is 19.0 Å². The fourth-order valence-electron chi connectivity index (χ4n) is 3.24. The summed E-state index contributed by atoms with van der Waals surface area (Å²) in [5.74, 6) is 2.23. The molecule has 0 saturated carbocycles. The maximum atomic E-state index is 12.6. The lowest BCUT2D eigenvalue weighted by atomic mass is 10.0. The van der Waals surface area contributed by atoms with Crippen LogP contribution in [0, 0.1) is 5.92 Å². The van der Waals surface area contributed by atoms with Crippen molar-refractivity contribution in [1.29, 1.82) is 0 Å². The van der Waals surface area contributed by atoms with Crippen molar-refractivity contribution in [2.75, 3.05) is 21.3 Å². The zero-order chi connectivity index (χ0) is 21.7. The lowest BCUT2D eigenvalue weighted by Crippen LogP contribution is -2.31. The van der Waals surface area contributed by atoms with Gasteiger partial charge in [0.05, 0.1) is 38.4 Å². The third-order valence-electron chi connectivity index (χ3n) is 4.78. The maximum absolute atomic E-state index is 12.6. The standard InChI is InChI=1S/C23H27N3O4/c1-14(2)21(23-24-16-8-6-7-9-17(16)25-23)26-20(27)11-10-15-12-18(28-3)22(30-5)19(13-15)29-4/h6-14,21H,1-5H3,(H,24,25)(H,26,27)/b11-10+/t21-/m0/s1. The number of hydrogen-bond acceptors (Lipinski definition) is 5. The molecule has 158 valence electrons. The van der Waals surface area contributed by atoms with E-state index in [1.807, 2.05) is 38.1 Å². The van der Waals surface area contributed by atoms with E-state index in [9.17, 15) is 4.79 Å². The maximum Gasteiger partial charge on any atom is 0.244 e. The summed E-state index contributed by atoms with van der Waals surface area (Å²) in [5.41, 5.74) is 2.57. The molecule has 1 aromatic heterocycles. The first-order valence-corrected chi connectivity index (χ1v) is 9.70. The van der Waals surface area contributed by atoms with Crippen molar-refractivity contribution in [3.63, 3.8) is 0 Å². The second-order valence-corrected chi connectivity index (χ2v) is 7.16. The molecule has 0 aliphatic carbocycles. The third-order valence-corrected chi connectivity index (χ3v) is 4.78. The van der Waals surface area contributed by atoms with Crippen molar-refractivity contribution in [3.8, 4) is 17.2 Å². The average Bonchev–Trinajstić information content (AvgIpc) is 3.18. The Hall–Kier alpha value is -3.48. The van der Waals surface area contributed by atoms with Crippen LogP contribution in [0.5, 0.6) is 17.2 Å². The molecule has 2 aromatic carbocycles. The molecule has 0 saturated heterocycles. The Bertz CT molecular complexity index is 998. The van der Waals surface area contributed by atoms with E-state index in [2.05, 4.69) is 15.3 Å². The highest BCUT2D eigenvalue weighted by molar-refractivity contribution is 5.92. The fourth-order valence-corrected chi connectivity index (χ4v) is 3.24. The minimum atomic E-state index is -0.241. The van der Waals surface area contributed by atoms with Crippen LogP contribution >= 0.6 is 0 Å². The molecule has 30 heavy (non-hydrogen) atoms. The summed E-state index contributed by atoms with van der Waals surface area (Å²) in [4.78, 5) is 20.6.